The summed E-state index contributed by atoms with van der Waals surface area (Å²) in [6, 6.07) is 2.84. The third kappa shape index (κ3) is 6.81. The van der Waals surface area contributed by atoms with Gasteiger partial charge in [0, 0.05) is 6.07 Å². The standard InChI is InChI=1S/C21H26N6O14P2S/c22-17(32)9-2-1-3-26(4-9)20-15(30)13(28)10(39-20)5-37-42(33,34)41-43(35,36)38-6-11-14(29)16(31)21(40-11)27-8-25-12-18(27)23-7-24-19(12)44/h1-4,7-8,10-11,13-16,20-21,28-31H,5-6H2,(H4-,22,23,24,32,33,34,35,36,44)/p+1/t10-,11+,13-,14+,15-,16+,20-,21+/m0/s1. The Balaban J connectivity index is 1.16. The van der Waals surface area contributed by atoms with Crippen molar-refractivity contribution >= 4 is 44.9 Å². The third-order valence-electron chi connectivity index (χ3n) is 6.74. The van der Waals surface area contributed by atoms with Crippen molar-refractivity contribution in [1.82, 2.24) is 19.5 Å². The number of aliphatic hydroxyl groups excluding tert-OH is 4. The first-order chi connectivity index (χ1) is 20.7. The molecule has 0 radical (unpaired) electrons. The third-order valence-corrected chi connectivity index (χ3v) is 9.64. The summed E-state index contributed by atoms with van der Waals surface area (Å²) in [6.07, 6.45) is -6.53. The first-order valence-electron chi connectivity index (χ1n) is 12.6. The van der Waals surface area contributed by atoms with E-state index in [4.69, 9.17) is 31.9 Å². The van der Waals surface area contributed by atoms with Gasteiger partial charge in [-0.1, -0.05) is 12.2 Å². The number of hydrogen-bond donors (Lipinski definition) is 8. The van der Waals surface area contributed by atoms with Gasteiger partial charge in [0.25, 0.3) is 12.1 Å². The normalized spacial score (nSPS) is 31.6. The Kier molecular flexibility index (Phi) is 9.44. The number of carbonyl (C=O) groups is 1. The van der Waals surface area contributed by atoms with E-state index in [9.17, 15) is 44.1 Å². The van der Waals surface area contributed by atoms with Gasteiger partial charge in [-0.2, -0.15) is 8.88 Å². The van der Waals surface area contributed by atoms with Gasteiger partial charge in [-0.15, -0.1) is 0 Å². The molecular weight excluding hydrogens is 654 g/mol. The van der Waals surface area contributed by atoms with Crippen LogP contribution in [0.5, 0.6) is 0 Å². The van der Waals surface area contributed by atoms with E-state index in [2.05, 4.69) is 23.8 Å². The number of ether oxygens (including phenoxy) is 2. The molecule has 3 aromatic heterocycles. The maximum absolute atomic E-state index is 12.4. The summed E-state index contributed by atoms with van der Waals surface area (Å²) in [5.74, 6) is -0.763. The number of amides is 1. The van der Waals surface area contributed by atoms with Crippen LogP contribution >= 0.6 is 27.9 Å². The van der Waals surface area contributed by atoms with E-state index in [0.29, 0.717) is 5.65 Å². The monoisotopic (exact) mass is 681 g/mol. The number of phosphoric acid groups is 2. The van der Waals surface area contributed by atoms with Crippen LogP contribution in [-0.4, -0.2) is 105 Å². The Morgan fingerprint density at radius 2 is 1.68 bits per heavy atom. The highest BCUT2D eigenvalue weighted by Crippen LogP contribution is 2.60. The molecule has 44 heavy (non-hydrogen) atoms. The minimum absolute atomic E-state index is 0.0716. The van der Waals surface area contributed by atoms with Crippen LogP contribution in [0.15, 0.2) is 37.2 Å². The number of imidazole rings is 1. The number of aromatic nitrogens is 5. The average Bonchev–Trinajstić information content (AvgIpc) is 3.61. The zero-order chi connectivity index (χ0) is 32.0. The van der Waals surface area contributed by atoms with Crippen molar-refractivity contribution in [1.29, 1.82) is 0 Å². The zero-order valence-corrected chi connectivity index (χ0v) is 24.7. The second-order valence-corrected chi connectivity index (χ2v) is 13.1. The molecule has 2 aliphatic heterocycles. The molecule has 23 heteroatoms. The smallest absolute Gasteiger partial charge is 0.387 e. The first kappa shape index (κ1) is 32.8. The molecule has 240 valence electrons. The summed E-state index contributed by atoms with van der Waals surface area (Å²) < 4.78 is 52.3. The Bertz CT molecular complexity index is 1690. The highest BCUT2D eigenvalue weighted by atomic mass is 32.1. The fraction of sp³-hybridized carbons (Fsp3) is 0.476. The van der Waals surface area contributed by atoms with Gasteiger partial charge < -0.3 is 50.4 Å². The van der Waals surface area contributed by atoms with Crippen molar-refractivity contribution < 1.29 is 71.5 Å². The van der Waals surface area contributed by atoms with Crippen LogP contribution in [0, 0.1) is 4.64 Å². The lowest BCUT2D eigenvalue weighted by Gasteiger charge is -2.20. The van der Waals surface area contributed by atoms with E-state index < -0.39 is 83.8 Å². The van der Waals surface area contributed by atoms with Crippen molar-refractivity contribution in [3.8, 4) is 0 Å². The van der Waals surface area contributed by atoms with Crippen LogP contribution in [0.1, 0.15) is 22.8 Å². The number of primary amides is 1. The number of aromatic amines is 1. The largest absolute Gasteiger partial charge is 0.481 e. The van der Waals surface area contributed by atoms with Crippen LogP contribution in [-0.2, 0) is 32.0 Å². The lowest BCUT2D eigenvalue weighted by Crippen LogP contribution is -2.46. The van der Waals surface area contributed by atoms with Gasteiger partial charge in [-0.3, -0.25) is 18.4 Å². The van der Waals surface area contributed by atoms with E-state index in [1.54, 1.807) is 0 Å². The molecule has 0 aliphatic carbocycles. The average molecular weight is 681 g/mol. The molecule has 20 nitrogen and oxygen atoms in total. The van der Waals surface area contributed by atoms with Crippen molar-refractivity contribution in [3.63, 3.8) is 0 Å². The molecular formula is C21H27N6O14P2S+. The number of pyridine rings is 1. The minimum Gasteiger partial charge on any atom is -0.387 e. The number of nitrogens with one attached hydrogen (secondary N) is 1. The number of fused-ring (bicyclic) bond motifs is 1. The van der Waals surface area contributed by atoms with E-state index in [0.717, 1.165) is 0 Å². The first-order valence-corrected chi connectivity index (χ1v) is 16.0. The molecule has 5 heterocycles. The number of phosphoric ester groups is 2. The molecule has 0 saturated carbocycles. The Morgan fingerprint density at radius 3 is 2.34 bits per heavy atom. The second-order valence-electron chi connectivity index (χ2n) is 9.66. The van der Waals surface area contributed by atoms with Crippen LogP contribution in [0.4, 0.5) is 0 Å². The summed E-state index contributed by atoms with van der Waals surface area (Å²) in [6.45, 7) is -1.78. The molecule has 0 bridgehead atoms. The van der Waals surface area contributed by atoms with E-state index >= 15 is 0 Å². The van der Waals surface area contributed by atoms with Crippen molar-refractivity contribution in [2.75, 3.05) is 13.2 Å². The van der Waals surface area contributed by atoms with Crippen LogP contribution in [0.2, 0.25) is 0 Å². The molecule has 10 atom stereocenters. The number of H-pyrrole nitrogens is 1. The molecule has 0 aromatic carbocycles. The Hall–Kier alpha value is -2.59. The summed E-state index contributed by atoms with van der Waals surface area (Å²) in [5, 5.41) is 41.7. The Labute approximate surface area is 251 Å². The molecule has 1 amide bonds. The summed E-state index contributed by atoms with van der Waals surface area (Å²) in [4.78, 5) is 42.2. The molecule has 2 unspecified atom stereocenters. The van der Waals surface area contributed by atoms with Gasteiger partial charge in [-0.05, 0) is 6.07 Å². The molecule has 5 rings (SSSR count). The van der Waals surface area contributed by atoms with Crippen molar-refractivity contribution in [3.05, 3.63) is 47.4 Å². The maximum atomic E-state index is 12.4. The van der Waals surface area contributed by atoms with E-state index in [1.165, 1.54) is 46.3 Å². The fourth-order valence-corrected chi connectivity index (χ4v) is 6.88. The number of rotatable bonds is 11. The van der Waals surface area contributed by atoms with Crippen LogP contribution in [0.25, 0.3) is 11.2 Å². The summed E-state index contributed by atoms with van der Waals surface area (Å²) in [7, 11) is -10.7. The SMILES string of the molecule is NC(=O)c1ccc[n+]([C@H]2O[C@@H](COP(=O)(O)OP(=O)(O)OC[C@H]3O[C@@H](n4cnc5c(=S)nc[nH]c54)[C@H](O)[C@@H]3O)[C@H](O)[C@@H]2O)c1. The van der Waals surface area contributed by atoms with Crippen LogP contribution < -0.4 is 10.3 Å². The number of carbonyl (C=O) groups excluding carboxylic acids is 1. The van der Waals surface area contributed by atoms with Crippen molar-refractivity contribution in [2.24, 2.45) is 5.73 Å². The number of aliphatic hydroxyl groups is 4. The van der Waals surface area contributed by atoms with Crippen LogP contribution in [0.3, 0.4) is 0 Å². The predicted molar refractivity (Wildman–Crippen MR) is 142 cm³/mol. The molecule has 9 N–H and O–H groups in total. The zero-order valence-electron chi connectivity index (χ0n) is 22.1. The van der Waals surface area contributed by atoms with E-state index in [1.807, 2.05) is 0 Å². The van der Waals surface area contributed by atoms with Gasteiger partial charge in [0.05, 0.1) is 25.9 Å². The maximum Gasteiger partial charge on any atom is 0.481 e. The van der Waals surface area contributed by atoms with Gasteiger partial charge in [0.2, 0.25) is 0 Å². The number of nitrogens with zero attached hydrogens (tertiary/aromatic N) is 4. The number of hydrogen-bond acceptors (Lipinski definition) is 15. The van der Waals surface area contributed by atoms with Crippen molar-refractivity contribution in [2.45, 2.75) is 49.1 Å². The molecule has 2 aliphatic rings. The topological polar surface area (TPSA) is 295 Å². The highest BCUT2D eigenvalue weighted by Gasteiger charge is 2.50. The predicted octanol–water partition coefficient (Wildman–Crippen LogP) is -1.94. The lowest BCUT2D eigenvalue weighted by molar-refractivity contribution is -0.765. The lowest BCUT2D eigenvalue weighted by atomic mass is 10.1. The summed E-state index contributed by atoms with van der Waals surface area (Å²) in [5.41, 5.74) is 5.91. The van der Waals surface area contributed by atoms with Gasteiger partial charge >= 0.3 is 15.6 Å². The van der Waals surface area contributed by atoms with Gasteiger partial charge in [0.15, 0.2) is 29.4 Å². The molecule has 3 aromatic rings. The molecule has 2 fully saturated rings. The highest BCUT2D eigenvalue weighted by molar-refractivity contribution is 7.71. The minimum atomic E-state index is -5.36. The Morgan fingerprint density at radius 1 is 1.05 bits per heavy atom. The molecule has 0 spiro atoms. The quantitative estimate of drug-likeness (QED) is 0.0620. The van der Waals surface area contributed by atoms with Gasteiger partial charge in [0.1, 0.15) is 47.2 Å². The summed E-state index contributed by atoms with van der Waals surface area (Å²) >= 11 is 5.09. The fourth-order valence-electron chi connectivity index (χ4n) is 4.59. The number of nitrogens with two attached hydrogens (primary N) is 1. The second kappa shape index (κ2) is 12.7. The van der Waals surface area contributed by atoms with Gasteiger partial charge in [-0.25, -0.2) is 19.1 Å². The van der Waals surface area contributed by atoms with E-state index in [-0.39, 0.29) is 15.7 Å². The molecule has 2 saturated heterocycles.